The molecule has 0 unspecified atom stereocenters. The van der Waals surface area contributed by atoms with E-state index in [0.717, 1.165) is 0 Å². The van der Waals surface area contributed by atoms with Crippen molar-refractivity contribution in [1.29, 1.82) is 0 Å². The Bertz CT molecular complexity index is 379. The summed E-state index contributed by atoms with van der Waals surface area (Å²) in [5.41, 5.74) is -1.11. The number of aliphatic hydroxyl groups excluding tert-OH is 2. The third-order valence-corrected chi connectivity index (χ3v) is 2.07. The normalized spacial score (nSPS) is 11.2. The number of carboxylic acid groups (broad SMARTS) is 1. The number of aromatic carboxylic acids is 1. The number of aliphatic hydroxyl groups is 2. The Balaban J connectivity index is 3.01. The Morgan fingerprint density at radius 2 is 2.12 bits per heavy atom. The number of carbonyl (C=O) groups is 1. The zero-order valence-electron chi connectivity index (χ0n) is 8.71. The fourth-order valence-electron chi connectivity index (χ4n) is 1.01. The minimum Gasteiger partial charge on any atom is -0.478 e. The molecule has 7 heteroatoms. The Kier molecular flexibility index (Phi) is 3.75. The van der Waals surface area contributed by atoms with Crippen LogP contribution in [0.1, 0.15) is 17.3 Å². The average molecular weight is 227 g/mol. The molecule has 0 saturated heterocycles. The van der Waals surface area contributed by atoms with Crippen LogP contribution in [0.4, 0.5) is 5.82 Å². The summed E-state index contributed by atoms with van der Waals surface area (Å²) in [6.45, 7) is 0.811. The van der Waals surface area contributed by atoms with Gasteiger partial charge >= 0.3 is 5.97 Å². The average Bonchev–Trinajstić information content (AvgIpc) is 2.29. The third-order valence-electron chi connectivity index (χ3n) is 2.07. The molecule has 0 bridgehead atoms. The lowest BCUT2D eigenvalue weighted by Crippen LogP contribution is -2.43. The van der Waals surface area contributed by atoms with Crippen molar-refractivity contribution in [2.24, 2.45) is 0 Å². The van der Waals surface area contributed by atoms with Crippen LogP contribution in [-0.4, -0.2) is 50.2 Å². The third kappa shape index (κ3) is 2.65. The Morgan fingerprint density at radius 3 is 2.62 bits per heavy atom. The quantitative estimate of drug-likeness (QED) is 0.527. The van der Waals surface area contributed by atoms with Crippen molar-refractivity contribution in [3.05, 3.63) is 17.8 Å². The van der Waals surface area contributed by atoms with Gasteiger partial charge in [0.05, 0.1) is 24.9 Å². The number of hydrogen-bond donors (Lipinski definition) is 4. The van der Waals surface area contributed by atoms with E-state index < -0.39 is 11.5 Å². The predicted molar refractivity (Wildman–Crippen MR) is 55.2 cm³/mol. The lowest BCUT2D eigenvalue weighted by atomic mass is 10.1. The zero-order chi connectivity index (χ0) is 12.2. The highest BCUT2D eigenvalue weighted by atomic mass is 16.4. The van der Waals surface area contributed by atoms with Gasteiger partial charge in [0.25, 0.3) is 0 Å². The lowest BCUT2D eigenvalue weighted by molar-refractivity contribution is 0.0696. The molecule has 0 spiro atoms. The van der Waals surface area contributed by atoms with Crippen LogP contribution in [-0.2, 0) is 0 Å². The summed E-state index contributed by atoms with van der Waals surface area (Å²) in [5.74, 6) is -1.14. The van der Waals surface area contributed by atoms with Crippen molar-refractivity contribution >= 4 is 11.8 Å². The molecule has 0 amide bonds. The van der Waals surface area contributed by atoms with Crippen molar-refractivity contribution in [1.82, 2.24) is 10.2 Å². The summed E-state index contributed by atoms with van der Waals surface area (Å²) < 4.78 is 0. The van der Waals surface area contributed by atoms with E-state index in [1.54, 1.807) is 0 Å². The smallest absolute Gasteiger partial charge is 0.339 e. The Labute approximate surface area is 91.8 Å². The second kappa shape index (κ2) is 4.86. The van der Waals surface area contributed by atoms with Crippen LogP contribution < -0.4 is 5.32 Å². The molecule has 1 heterocycles. The van der Waals surface area contributed by atoms with Crippen LogP contribution in [0.3, 0.4) is 0 Å². The van der Waals surface area contributed by atoms with Crippen molar-refractivity contribution in [3.8, 4) is 0 Å². The summed E-state index contributed by atoms with van der Waals surface area (Å²) in [7, 11) is 0. The van der Waals surface area contributed by atoms with E-state index in [4.69, 9.17) is 15.3 Å². The van der Waals surface area contributed by atoms with Gasteiger partial charge in [-0.25, -0.2) is 4.79 Å². The molecule has 0 saturated carbocycles. The van der Waals surface area contributed by atoms with Crippen molar-refractivity contribution in [2.45, 2.75) is 12.5 Å². The fraction of sp³-hybridized carbons (Fsp3) is 0.444. The molecule has 0 fully saturated rings. The molecule has 7 nitrogen and oxygen atoms in total. The molecule has 1 aromatic rings. The van der Waals surface area contributed by atoms with Gasteiger partial charge in [0.1, 0.15) is 5.56 Å². The predicted octanol–water partition coefficient (Wildman–Crippen LogP) is -0.670. The van der Waals surface area contributed by atoms with Gasteiger partial charge in [0.2, 0.25) is 0 Å². The first-order chi connectivity index (χ1) is 7.52. The van der Waals surface area contributed by atoms with Crippen molar-refractivity contribution < 1.29 is 20.1 Å². The molecule has 16 heavy (non-hydrogen) atoms. The molecular formula is C9H13N3O4. The van der Waals surface area contributed by atoms with E-state index >= 15 is 0 Å². The van der Waals surface area contributed by atoms with Gasteiger partial charge in [-0.2, -0.15) is 5.10 Å². The van der Waals surface area contributed by atoms with Gasteiger partial charge in [0, 0.05) is 0 Å². The topological polar surface area (TPSA) is 116 Å². The van der Waals surface area contributed by atoms with Gasteiger partial charge in [-0.3, -0.25) is 0 Å². The van der Waals surface area contributed by atoms with Crippen LogP contribution in [0, 0.1) is 0 Å². The van der Waals surface area contributed by atoms with E-state index in [1.807, 2.05) is 0 Å². The van der Waals surface area contributed by atoms with E-state index in [-0.39, 0.29) is 24.6 Å². The number of hydrogen-bond acceptors (Lipinski definition) is 6. The maximum absolute atomic E-state index is 10.9. The Morgan fingerprint density at radius 1 is 1.50 bits per heavy atom. The van der Waals surface area contributed by atoms with Gasteiger partial charge < -0.3 is 20.6 Å². The molecule has 0 aromatic carbocycles. The molecule has 0 aliphatic carbocycles. The number of nitrogens with one attached hydrogen (secondary N) is 1. The minimum atomic E-state index is -1.16. The minimum absolute atomic E-state index is 0.0144. The first kappa shape index (κ1) is 12.3. The monoisotopic (exact) mass is 227 g/mol. The SMILES string of the molecule is CC(CO)(CO)Nc1nnccc1C(=O)O. The van der Waals surface area contributed by atoms with E-state index in [9.17, 15) is 4.79 Å². The summed E-state index contributed by atoms with van der Waals surface area (Å²) >= 11 is 0. The standard InChI is InChI=1S/C9H13N3O4/c1-9(4-13,5-14)11-7-6(8(15)16)2-3-10-12-7/h2-3,13-14H,4-5H2,1H3,(H,11,12)(H,15,16). The summed E-state index contributed by atoms with van der Waals surface area (Å²) in [4.78, 5) is 10.9. The highest BCUT2D eigenvalue weighted by Gasteiger charge is 2.25. The maximum atomic E-state index is 10.9. The van der Waals surface area contributed by atoms with Crippen LogP contribution >= 0.6 is 0 Å². The molecule has 88 valence electrons. The van der Waals surface area contributed by atoms with Crippen LogP contribution in [0.15, 0.2) is 12.3 Å². The Hall–Kier alpha value is -1.73. The zero-order valence-corrected chi connectivity index (χ0v) is 8.71. The van der Waals surface area contributed by atoms with Gasteiger partial charge in [-0.1, -0.05) is 0 Å². The van der Waals surface area contributed by atoms with Crippen LogP contribution in [0.2, 0.25) is 0 Å². The van der Waals surface area contributed by atoms with E-state index in [1.165, 1.54) is 19.2 Å². The molecule has 0 aliphatic rings. The number of anilines is 1. The van der Waals surface area contributed by atoms with Crippen LogP contribution in [0.5, 0.6) is 0 Å². The number of nitrogens with zero attached hydrogens (tertiary/aromatic N) is 2. The first-order valence-electron chi connectivity index (χ1n) is 4.57. The van der Waals surface area contributed by atoms with Crippen LogP contribution in [0.25, 0.3) is 0 Å². The summed E-state index contributed by atoms with van der Waals surface area (Å²) in [6, 6.07) is 1.28. The van der Waals surface area contributed by atoms with E-state index in [2.05, 4.69) is 15.5 Å². The summed E-state index contributed by atoms with van der Waals surface area (Å²) in [5, 5.41) is 36.8. The second-order valence-corrected chi connectivity index (χ2v) is 3.60. The number of aromatic nitrogens is 2. The largest absolute Gasteiger partial charge is 0.478 e. The van der Waals surface area contributed by atoms with Crippen molar-refractivity contribution in [2.75, 3.05) is 18.5 Å². The highest BCUT2D eigenvalue weighted by Crippen LogP contribution is 2.16. The molecular weight excluding hydrogens is 214 g/mol. The molecule has 0 aliphatic heterocycles. The lowest BCUT2D eigenvalue weighted by Gasteiger charge is -2.26. The molecule has 4 N–H and O–H groups in total. The molecule has 1 aromatic heterocycles. The van der Waals surface area contributed by atoms with Gasteiger partial charge in [-0.15, -0.1) is 5.10 Å². The van der Waals surface area contributed by atoms with Gasteiger partial charge in [0.15, 0.2) is 5.82 Å². The van der Waals surface area contributed by atoms with E-state index in [0.29, 0.717) is 0 Å². The highest BCUT2D eigenvalue weighted by molar-refractivity contribution is 5.92. The summed E-state index contributed by atoms with van der Waals surface area (Å²) in [6.07, 6.45) is 1.25. The second-order valence-electron chi connectivity index (χ2n) is 3.60. The first-order valence-corrected chi connectivity index (χ1v) is 4.57. The van der Waals surface area contributed by atoms with Crippen molar-refractivity contribution in [3.63, 3.8) is 0 Å². The maximum Gasteiger partial charge on any atom is 0.339 e. The molecule has 1 rings (SSSR count). The molecule has 0 atom stereocenters. The number of carboxylic acids is 1. The number of rotatable bonds is 5. The fourth-order valence-corrected chi connectivity index (χ4v) is 1.01. The van der Waals surface area contributed by atoms with Gasteiger partial charge in [-0.05, 0) is 13.0 Å². The molecule has 0 radical (unpaired) electrons.